The molecule has 0 aromatic heterocycles. The molecule has 1 amide bonds. The highest BCUT2D eigenvalue weighted by Gasteiger charge is 2.49. The van der Waals surface area contributed by atoms with Gasteiger partial charge in [0.1, 0.15) is 6.10 Å². The lowest BCUT2D eigenvalue weighted by Gasteiger charge is -2.52. The minimum atomic E-state index is -0.309. The van der Waals surface area contributed by atoms with Crippen LogP contribution >= 0.6 is 0 Å². The molecule has 182 valence electrons. The molecule has 2 atom stereocenters. The molecule has 1 saturated heterocycles. The molecular weight excluding hydrogens is 432 g/mol. The van der Waals surface area contributed by atoms with Gasteiger partial charge in [0, 0.05) is 22.2 Å². The van der Waals surface area contributed by atoms with Crippen molar-refractivity contribution in [2.45, 2.75) is 77.1 Å². The van der Waals surface area contributed by atoms with E-state index in [-0.39, 0.29) is 29.1 Å². The van der Waals surface area contributed by atoms with Crippen molar-refractivity contribution in [3.8, 4) is 0 Å². The predicted molar refractivity (Wildman–Crippen MR) is 141 cm³/mol. The molecule has 0 bridgehead atoms. The quantitative estimate of drug-likeness (QED) is 0.400. The van der Waals surface area contributed by atoms with E-state index in [1.807, 2.05) is 53.4 Å². The summed E-state index contributed by atoms with van der Waals surface area (Å²) in [5, 5.41) is 2.23. The fourth-order valence-corrected chi connectivity index (χ4v) is 6.00. The first-order valence-corrected chi connectivity index (χ1v) is 12.7. The zero-order valence-electron chi connectivity index (χ0n) is 21.5. The van der Waals surface area contributed by atoms with E-state index in [2.05, 4.69) is 70.0 Å². The number of rotatable bonds is 4. The monoisotopic (exact) mass is 468 g/mol. The van der Waals surface area contributed by atoms with Crippen molar-refractivity contribution in [3.63, 3.8) is 0 Å². The van der Waals surface area contributed by atoms with Crippen LogP contribution in [0.15, 0.2) is 78.9 Å². The lowest BCUT2D eigenvalue weighted by atomic mass is 9.82. The molecule has 0 saturated carbocycles. The SMILES string of the molecule is Cc1ccc2c(c1)[C@@H](ON1C(C)(C)CCCC1(C)C)[C@H](c1ccccc1)N2C(=O)c1ccccc1. The van der Waals surface area contributed by atoms with Crippen molar-refractivity contribution < 1.29 is 9.63 Å². The standard InChI is InChI=1S/C31H36N2O2/c1-22-17-18-26-25(21-22)28(35-33-30(2,3)19-12-20-31(33,4)5)27(23-13-8-6-9-14-23)32(26)29(34)24-15-10-7-11-16-24/h6-11,13-18,21,27-28H,12,19-20H2,1-5H3/t27-,28+/m0/s1. The van der Waals surface area contributed by atoms with Gasteiger partial charge in [-0.1, -0.05) is 66.2 Å². The van der Waals surface area contributed by atoms with Gasteiger partial charge >= 0.3 is 0 Å². The van der Waals surface area contributed by atoms with Crippen LogP contribution in [0, 0.1) is 6.92 Å². The second-order valence-corrected chi connectivity index (χ2v) is 11.3. The Balaban J connectivity index is 1.66. The molecule has 5 rings (SSSR count). The summed E-state index contributed by atoms with van der Waals surface area (Å²) in [5.74, 6) is -0.00665. The maximum absolute atomic E-state index is 14.0. The summed E-state index contributed by atoms with van der Waals surface area (Å²) in [5.41, 5.74) is 4.70. The van der Waals surface area contributed by atoms with Gasteiger partial charge in [-0.25, -0.2) is 0 Å². The maximum Gasteiger partial charge on any atom is 0.258 e. The fraction of sp³-hybridized carbons (Fsp3) is 0.387. The van der Waals surface area contributed by atoms with Crippen molar-refractivity contribution in [2.75, 3.05) is 4.90 Å². The molecule has 0 radical (unpaired) electrons. The van der Waals surface area contributed by atoms with Crippen molar-refractivity contribution >= 4 is 11.6 Å². The summed E-state index contributed by atoms with van der Waals surface area (Å²) in [4.78, 5) is 23.1. The minimum Gasteiger partial charge on any atom is -0.297 e. The van der Waals surface area contributed by atoms with Crippen LogP contribution in [0.1, 0.15) is 86.2 Å². The maximum atomic E-state index is 14.0. The van der Waals surface area contributed by atoms with Crippen LogP contribution < -0.4 is 4.90 Å². The minimum absolute atomic E-state index is 0.00665. The van der Waals surface area contributed by atoms with Gasteiger partial charge in [-0.05, 0) is 77.6 Å². The number of amides is 1. The van der Waals surface area contributed by atoms with E-state index in [9.17, 15) is 4.79 Å². The smallest absolute Gasteiger partial charge is 0.258 e. The third-order valence-electron chi connectivity index (χ3n) is 7.59. The van der Waals surface area contributed by atoms with Crippen LogP contribution in [0.25, 0.3) is 0 Å². The van der Waals surface area contributed by atoms with Crippen LogP contribution in [0.2, 0.25) is 0 Å². The van der Waals surface area contributed by atoms with Gasteiger partial charge in [0.05, 0.1) is 11.7 Å². The van der Waals surface area contributed by atoms with E-state index in [1.54, 1.807) is 0 Å². The first kappa shape index (κ1) is 23.8. The molecule has 4 nitrogen and oxygen atoms in total. The van der Waals surface area contributed by atoms with E-state index in [0.29, 0.717) is 5.56 Å². The summed E-state index contributed by atoms with van der Waals surface area (Å²) in [6.07, 6.45) is 3.02. The first-order chi connectivity index (χ1) is 16.7. The molecular formula is C31H36N2O2. The molecule has 0 unspecified atom stereocenters. The number of hydrogen-bond acceptors (Lipinski definition) is 3. The third kappa shape index (κ3) is 4.30. The normalized spacial score (nSPS) is 23.2. The first-order valence-electron chi connectivity index (χ1n) is 12.7. The Morgan fingerprint density at radius 3 is 2.09 bits per heavy atom. The van der Waals surface area contributed by atoms with Crippen molar-refractivity contribution in [1.82, 2.24) is 5.06 Å². The van der Waals surface area contributed by atoms with Crippen LogP contribution in [-0.4, -0.2) is 22.0 Å². The summed E-state index contributed by atoms with van der Waals surface area (Å²) in [7, 11) is 0. The topological polar surface area (TPSA) is 32.8 Å². The third-order valence-corrected chi connectivity index (χ3v) is 7.59. The number of anilines is 1. The molecule has 35 heavy (non-hydrogen) atoms. The Kier molecular flexibility index (Phi) is 6.06. The largest absolute Gasteiger partial charge is 0.297 e. The van der Waals surface area contributed by atoms with Crippen LogP contribution in [0.4, 0.5) is 5.69 Å². The number of piperidine rings is 1. The number of fused-ring (bicyclic) bond motifs is 1. The van der Waals surface area contributed by atoms with Gasteiger partial charge in [-0.15, -0.1) is 0 Å². The summed E-state index contributed by atoms with van der Waals surface area (Å²) < 4.78 is 0. The van der Waals surface area contributed by atoms with Gasteiger partial charge in [0.25, 0.3) is 5.91 Å². The van der Waals surface area contributed by atoms with E-state index < -0.39 is 0 Å². The summed E-state index contributed by atoms with van der Waals surface area (Å²) >= 11 is 0. The number of benzene rings is 3. The number of hydrogen-bond donors (Lipinski definition) is 0. The zero-order chi connectivity index (χ0) is 24.8. The highest BCUT2D eigenvalue weighted by Crippen LogP contribution is 2.53. The number of aryl methyl sites for hydroxylation is 1. The second kappa shape index (κ2) is 8.92. The Labute approximate surface area is 209 Å². The van der Waals surface area contributed by atoms with Crippen molar-refractivity contribution in [1.29, 1.82) is 0 Å². The van der Waals surface area contributed by atoms with Crippen LogP contribution in [0.3, 0.4) is 0 Å². The molecule has 0 N–H and O–H groups in total. The predicted octanol–water partition coefficient (Wildman–Crippen LogP) is 7.41. The Hall–Kier alpha value is -2.95. The zero-order valence-corrected chi connectivity index (χ0v) is 21.5. The average Bonchev–Trinajstić information content (AvgIpc) is 3.15. The van der Waals surface area contributed by atoms with Crippen LogP contribution in [-0.2, 0) is 4.84 Å². The Bertz CT molecular complexity index is 1190. The van der Waals surface area contributed by atoms with E-state index in [0.717, 1.165) is 35.2 Å². The molecule has 0 spiro atoms. The molecule has 2 aliphatic rings. The number of nitrogens with zero attached hydrogens (tertiary/aromatic N) is 2. The van der Waals surface area contributed by atoms with Gasteiger partial charge in [0.2, 0.25) is 0 Å². The van der Waals surface area contributed by atoms with Gasteiger partial charge in [0.15, 0.2) is 0 Å². The van der Waals surface area contributed by atoms with Gasteiger partial charge < -0.3 is 0 Å². The molecule has 3 aromatic carbocycles. The summed E-state index contributed by atoms with van der Waals surface area (Å²) in [6.45, 7) is 11.2. The van der Waals surface area contributed by atoms with Crippen molar-refractivity contribution in [2.24, 2.45) is 0 Å². The number of hydroxylamine groups is 2. The second-order valence-electron chi connectivity index (χ2n) is 11.3. The Morgan fingerprint density at radius 2 is 1.46 bits per heavy atom. The van der Waals surface area contributed by atoms with Gasteiger partial charge in [-0.2, -0.15) is 5.06 Å². The molecule has 2 aliphatic heterocycles. The van der Waals surface area contributed by atoms with Crippen LogP contribution in [0.5, 0.6) is 0 Å². The van der Waals surface area contributed by atoms with E-state index in [4.69, 9.17) is 4.84 Å². The van der Waals surface area contributed by atoms with E-state index >= 15 is 0 Å². The molecule has 3 aromatic rings. The highest BCUT2D eigenvalue weighted by molar-refractivity contribution is 6.08. The molecule has 4 heteroatoms. The Morgan fingerprint density at radius 1 is 0.857 bits per heavy atom. The highest BCUT2D eigenvalue weighted by atomic mass is 16.7. The number of carbonyl (C=O) groups is 1. The van der Waals surface area contributed by atoms with Crippen molar-refractivity contribution in [3.05, 3.63) is 101 Å². The van der Waals surface area contributed by atoms with E-state index in [1.165, 1.54) is 6.42 Å². The van der Waals surface area contributed by atoms with Gasteiger partial charge in [-0.3, -0.25) is 14.5 Å². The summed E-state index contributed by atoms with van der Waals surface area (Å²) in [6, 6.07) is 26.0. The number of carbonyl (C=O) groups excluding carboxylic acids is 1. The molecule has 0 aliphatic carbocycles. The molecule has 1 fully saturated rings. The average molecular weight is 469 g/mol. The molecule has 2 heterocycles. The lowest BCUT2D eigenvalue weighted by Crippen LogP contribution is -2.58. The fourth-order valence-electron chi connectivity index (χ4n) is 6.00. The lowest BCUT2D eigenvalue weighted by molar-refractivity contribution is -0.309.